The first-order valence-electron chi connectivity index (χ1n) is 11.2. The number of hydrogen-bond acceptors (Lipinski definition) is 7. The summed E-state index contributed by atoms with van der Waals surface area (Å²) in [6.45, 7) is -2.79. The average molecular weight is 506 g/mol. The molecule has 0 bridgehead atoms. The normalized spacial score (nSPS) is 11.2. The van der Waals surface area contributed by atoms with E-state index in [1.165, 1.54) is 18.5 Å². The molecule has 11 heteroatoms. The van der Waals surface area contributed by atoms with E-state index < -0.39 is 12.4 Å². The number of aromatic nitrogens is 5. The molecule has 2 aromatic carbocycles. The summed E-state index contributed by atoms with van der Waals surface area (Å²) in [5, 5.41) is 7.49. The molecule has 0 aliphatic heterocycles. The molecular weight excluding hydrogens is 485 g/mol. The van der Waals surface area contributed by atoms with Gasteiger partial charge in [-0.3, -0.25) is 4.68 Å². The highest BCUT2D eigenvalue weighted by molar-refractivity contribution is 5.94. The van der Waals surface area contributed by atoms with Gasteiger partial charge in [-0.1, -0.05) is 24.3 Å². The van der Waals surface area contributed by atoms with Crippen LogP contribution in [0.5, 0.6) is 11.5 Å². The van der Waals surface area contributed by atoms with Gasteiger partial charge in [0.05, 0.1) is 12.6 Å². The van der Waals surface area contributed by atoms with E-state index in [0.717, 1.165) is 5.56 Å². The molecule has 0 unspecified atom stereocenters. The number of fused-ring (bicyclic) bond motifs is 1. The second-order valence-electron chi connectivity index (χ2n) is 8.05. The molecule has 0 spiro atoms. The number of methoxy groups -OCH3 is 1. The maximum absolute atomic E-state index is 14.6. The van der Waals surface area contributed by atoms with Gasteiger partial charge in [0.1, 0.15) is 34.8 Å². The van der Waals surface area contributed by atoms with Crippen LogP contribution in [-0.4, -0.2) is 38.5 Å². The van der Waals surface area contributed by atoms with Crippen molar-refractivity contribution in [2.45, 2.75) is 13.2 Å². The molecular formula is C26H21F3N6O2. The highest BCUT2D eigenvalue weighted by Gasteiger charge is 2.21. The van der Waals surface area contributed by atoms with Crippen LogP contribution in [0.4, 0.5) is 19.0 Å². The number of halogens is 3. The van der Waals surface area contributed by atoms with Gasteiger partial charge in [-0.05, 0) is 29.8 Å². The minimum Gasteiger partial charge on any atom is -0.497 e. The Kier molecular flexibility index (Phi) is 6.59. The van der Waals surface area contributed by atoms with Crippen LogP contribution in [0.3, 0.4) is 0 Å². The number of rotatable bonds is 8. The molecule has 0 aliphatic carbocycles. The van der Waals surface area contributed by atoms with Crippen LogP contribution < -0.4 is 14.8 Å². The van der Waals surface area contributed by atoms with Crippen molar-refractivity contribution >= 4 is 16.9 Å². The van der Waals surface area contributed by atoms with Crippen molar-refractivity contribution in [3.63, 3.8) is 0 Å². The van der Waals surface area contributed by atoms with E-state index in [1.54, 1.807) is 55.4 Å². The predicted molar refractivity (Wildman–Crippen MR) is 132 cm³/mol. The molecule has 5 aromatic rings. The van der Waals surface area contributed by atoms with E-state index in [0.29, 0.717) is 33.8 Å². The topological polar surface area (TPSA) is 87.0 Å². The minimum absolute atomic E-state index is 0.0796. The van der Waals surface area contributed by atoms with Gasteiger partial charge in [0.2, 0.25) is 0 Å². The lowest BCUT2D eigenvalue weighted by Crippen LogP contribution is -2.09. The lowest BCUT2D eigenvalue weighted by atomic mass is 10.0. The van der Waals surface area contributed by atoms with Gasteiger partial charge in [0.25, 0.3) is 0 Å². The highest BCUT2D eigenvalue weighted by atomic mass is 19.3. The largest absolute Gasteiger partial charge is 0.497 e. The fourth-order valence-electron chi connectivity index (χ4n) is 3.92. The molecule has 5 rings (SSSR count). The molecule has 0 fully saturated rings. The molecule has 0 atom stereocenters. The summed E-state index contributed by atoms with van der Waals surface area (Å²) in [4.78, 5) is 13.2. The number of benzene rings is 2. The Labute approximate surface area is 209 Å². The summed E-state index contributed by atoms with van der Waals surface area (Å²) in [5.41, 5.74) is 2.99. The Balaban J connectivity index is 1.61. The van der Waals surface area contributed by atoms with E-state index in [2.05, 4.69) is 25.4 Å². The molecule has 3 aromatic heterocycles. The van der Waals surface area contributed by atoms with Gasteiger partial charge in [-0.15, -0.1) is 0 Å². The van der Waals surface area contributed by atoms with E-state index >= 15 is 0 Å². The van der Waals surface area contributed by atoms with Crippen molar-refractivity contribution in [1.29, 1.82) is 0 Å². The summed E-state index contributed by atoms with van der Waals surface area (Å²) in [6.07, 6.45) is 2.98. The molecule has 1 N–H and O–H groups in total. The Hall–Kier alpha value is -4.67. The lowest BCUT2D eigenvalue weighted by Gasteiger charge is -2.14. The van der Waals surface area contributed by atoms with Gasteiger partial charge < -0.3 is 14.8 Å². The lowest BCUT2D eigenvalue weighted by molar-refractivity contribution is -0.0494. The van der Waals surface area contributed by atoms with Crippen LogP contribution in [0.15, 0.2) is 67.1 Å². The smallest absolute Gasteiger partial charge is 0.387 e. The molecule has 0 aliphatic rings. The third-order valence-corrected chi connectivity index (χ3v) is 5.62. The van der Waals surface area contributed by atoms with E-state index in [1.807, 2.05) is 12.1 Å². The van der Waals surface area contributed by atoms with Gasteiger partial charge in [0.15, 0.2) is 11.6 Å². The Morgan fingerprint density at radius 2 is 1.78 bits per heavy atom. The zero-order valence-corrected chi connectivity index (χ0v) is 19.8. The van der Waals surface area contributed by atoms with Crippen molar-refractivity contribution < 1.29 is 22.6 Å². The SMILES string of the molecule is COc1ccc(CNc2nc3c(-c4cn(C)nc4-c4ccccc4F)ncnc3cc2OC(F)F)cc1. The van der Waals surface area contributed by atoms with E-state index in [9.17, 15) is 13.2 Å². The second-order valence-corrected chi connectivity index (χ2v) is 8.05. The molecule has 37 heavy (non-hydrogen) atoms. The summed E-state index contributed by atoms with van der Waals surface area (Å²) in [7, 11) is 3.28. The quantitative estimate of drug-likeness (QED) is 0.299. The summed E-state index contributed by atoms with van der Waals surface area (Å²) in [5.74, 6) is 0.165. The van der Waals surface area contributed by atoms with Gasteiger partial charge >= 0.3 is 6.61 Å². The summed E-state index contributed by atoms with van der Waals surface area (Å²) >= 11 is 0. The van der Waals surface area contributed by atoms with Crippen LogP contribution in [0.25, 0.3) is 33.5 Å². The minimum atomic E-state index is -3.06. The summed E-state index contributed by atoms with van der Waals surface area (Å²) < 4.78 is 52.5. The van der Waals surface area contributed by atoms with Gasteiger partial charge in [-0.25, -0.2) is 19.3 Å². The van der Waals surface area contributed by atoms with E-state index in [-0.39, 0.29) is 23.6 Å². The average Bonchev–Trinajstić information content (AvgIpc) is 3.28. The molecule has 0 saturated heterocycles. The van der Waals surface area contributed by atoms with Crippen molar-refractivity contribution in [2.24, 2.45) is 7.05 Å². The number of hydrogen-bond donors (Lipinski definition) is 1. The van der Waals surface area contributed by atoms with Crippen LogP contribution in [0.1, 0.15) is 5.56 Å². The molecule has 0 amide bonds. The molecule has 188 valence electrons. The van der Waals surface area contributed by atoms with Gasteiger partial charge in [0, 0.05) is 37.0 Å². The maximum atomic E-state index is 14.6. The fraction of sp³-hybridized carbons (Fsp3) is 0.154. The first-order valence-corrected chi connectivity index (χ1v) is 11.2. The predicted octanol–water partition coefficient (Wildman–Crippen LogP) is 5.45. The zero-order chi connectivity index (χ0) is 25.9. The number of nitrogens with zero attached hydrogens (tertiary/aromatic N) is 5. The molecule has 8 nitrogen and oxygen atoms in total. The third kappa shape index (κ3) is 5.01. The summed E-state index contributed by atoms with van der Waals surface area (Å²) in [6, 6.07) is 14.9. The molecule has 3 heterocycles. The number of alkyl halides is 2. The van der Waals surface area contributed by atoms with Crippen LogP contribution >= 0.6 is 0 Å². The molecule has 0 saturated carbocycles. The Morgan fingerprint density at radius 3 is 2.51 bits per heavy atom. The number of anilines is 1. The maximum Gasteiger partial charge on any atom is 0.387 e. The van der Waals surface area contributed by atoms with Crippen LogP contribution in [0.2, 0.25) is 0 Å². The second kappa shape index (κ2) is 10.1. The van der Waals surface area contributed by atoms with E-state index in [4.69, 9.17) is 9.47 Å². The van der Waals surface area contributed by atoms with Crippen molar-refractivity contribution in [2.75, 3.05) is 12.4 Å². The van der Waals surface area contributed by atoms with Crippen molar-refractivity contribution in [3.05, 3.63) is 78.5 Å². The van der Waals surface area contributed by atoms with Crippen molar-refractivity contribution in [1.82, 2.24) is 24.7 Å². The van der Waals surface area contributed by atoms with Crippen molar-refractivity contribution in [3.8, 4) is 34.0 Å². The number of aryl methyl sites for hydroxylation is 1. The number of ether oxygens (including phenoxy) is 2. The number of nitrogens with one attached hydrogen (secondary N) is 1. The Bertz CT molecular complexity index is 1560. The zero-order valence-electron chi connectivity index (χ0n) is 19.8. The molecule has 0 radical (unpaired) electrons. The monoisotopic (exact) mass is 506 g/mol. The number of pyridine rings is 1. The third-order valence-electron chi connectivity index (χ3n) is 5.62. The van der Waals surface area contributed by atoms with Gasteiger partial charge in [-0.2, -0.15) is 13.9 Å². The first kappa shape index (κ1) is 24.0. The van der Waals surface area contributed by atoms with Crippen LogP contribution in [-0.2, 0) is 13.6 Å². The fourth-order valence-corrected chi connectivity index (χ4v) is 3.92. The van der Waals surface area contributed by atoms with Crippen LogP contribution in [0, 0.1) is 5.82 Å². The highest BCUT2D eigenvalue weighted by Crippen LogP contribution is 2.36. The first-order chi connectivity index (χ1) is 17.9. The Morgan fingerprint density at radius 1 is 1.00 bits per heavy atom. The standard InChI is InChI=1S/C26H21F3N6O2/c1-35-13-18(22(34-35)17-5-3-4-6-19(17)27)23-24-20(31-14-32-23)11-21(37-26(28)29)25(33-24)30-12-15-7-9-16(36-2)10-8-15/h3-11,13-14,26H,12H2,1-2H3,(H,30,33).